The van der Waals surface area contributed by atoms with Gasteiger partial charge in [0.05, 0.1) is 0 Å². The van der Waals surface area contributed by atoms with Gasteiger partial charge in [0.25, 0.3) is 11.9 Å². The maximum Gasteiger partial charge on any atom is 0.300 e. The zero-order chi connectivity index (χ0) is 14.0. The number of unbranched alkanes of at least 4 members (excludes halogenated alkanes) is 2. The first-order valence-electron chi connectivity index (χ1n) is 5.68. The summed E-state index contributed by atoms with van der Waals surface area (Å²) in [6.45, 7) is 10.9. The second-order valence-electron chi connectivity index (χ2n) is 3.04. The first kappa shape index (κ1) is 24.3. The summed E-state index contributed by atoms with van der Waals surface area (Å²) in [5.41, 5.74) is 0. The smallest absolute Gasteiger partial charge is 0.300 e. The average molecular weight is 236 g/mol. The molecule has 0 aromatic rings. The highest BCUT2D eigenvalue weighted by Gasteiger charge is 1.66. The highest BCUT2D eigenvalue weighted by Crippen LogP contribution is 1.77. The number of carbonyl (C=O) groups is 2. The number of hydrogen-bond donors (Lipinski definition) is 2. The van der Waals surface area contributed by atoms with Gasteiger partial charge in [0.15, 0.2) is 0 Å². The van der Waals surface area contributed by atoms with E-state index in [0.717, 1.165) is 13.8 Å². The summed E-state index contributed by atoms with van der Waals surface area (Å²) < 4.78 is 0. The lowest BCUT2D eigenvalue weighted by Gasteiger charge is -1.68. The molecule has 0 aliphatic rings. The van der Waals surface area contributed by atoms with E-state index in [-0.39, 0.29) is 0 Å². The van der Waals surface area contributed by atoms with E-state index in [1.165, 1.54) is 25.7 Å². The van der Waals surface area contributed by atoms with Crippen LogP contribution >= 0.6 is 0 Å². The Kier molecular flexibility index (Phi) is 44.3. The molecule has 0 fully saturated rings. The van der Waals surface area contributed by atoms with Gasteiger partial charge < -0.3 is 10.2 Å². The normalized spacial score (nSPS) is 6.88. The molecule has 0 saturated heterocycles. The van der Waals surface area contributed by atoms with Gasteiger partial charge in [-0.2, -0.15) is 0 Å². The SMILES string of the molecule is CC(=O)O.CC(=O)O.CCCC.CCCC. The van der Waals surface area contributed by atoms with Crippen molar-refractivity contribution in [2.75, 3.05) is 0 Å². The van der Waals surface area contributed by atoms with Crippen LogP contribution in [0.5, 0.6) is 0 Å². The van der Waals surface area contributed by atoms with Gasteiger partial charge >= 0.3 is 0 Å². The molecule has 0 saturated carbocycles. The quantitative estimate of drug-likeness (QED) is 0.764. The zero-order valence-corrected chi connectivity index (χ0v) is 11.5. The molecule has 0 aliphatic carbocycles. The van der Waals surface area contributed by atoms with Crippen LogP contribution in [0.1, 0.15) is 67.2 Å². The molecule has 4 heteroatoms. The molecule has 100 valence electrons. The maximum absolute atomic E-state index is 9.00. The number of aliphatic carboxylic acids is 2. The Morgan fingerprint density at radius 2 is 0.750 bits per heavy atom. The van der Waals surface area contributed by atoms with E-state index in [1.54, 1.807) is 0 Å². The third kappa shape index (κ3) is 2090. The third-order valence-electron chi connectivity index (χ3n) is 1.000. The van der Waals surface area contributed by atoms with Crippen molar-refractivity contribution in [2.24, 2.45) is 0 Å². The fourth-order valence-electron chi connectivity index (χ4n) is 0. The van der Waals surface area contributed by atoms with E-state index < -0.39 is 11.9 Å². The molecule has 2 N–H and O–H groups in total. The fraction of sp³-hybridized carbons (Fsp3) is 0.833. The van der Waals surface area contributed by atoms with Gasteiger partial charge in [-0.1, -0.05) is 53.4 Å². The van der Waals surface area contributed by atoms with Crippen molar-refractivity contribution in [1.29, 1.82) is 0 Å². The predicted octanol–water partition coefficient (Wildman–Crippen LogP) is 3.79. The van der Waals surface area contributed by atoms with Gasteiger partial charge in [-0.05, 0) is 0 Å². The van der Waals surface area contributed by atoms with Gasteiger partial charge in [0, 0.05) is 13.8 Å². The van der Waals surface area contributed by atoms with E-state index in [9.17, 15) is 0 Å². The molecule has 0 aliphatic heterocycles. The number of rotatable bonds is 2. The Morgan fingerprint density at radius 3 is 0.750 bits per heavy atom. The summed E-state index contributed by atoms with van der Waals surface area (Å²) in [6.07, 6.45) is 5.28. The minimum Gasteiger partial charge on any atom is -0.481 e. The van der Waals surface area contributed by atoms with E-state index >= 15 is 0 Å². The summed E-state index contributed by atoms with van der Waals surface area (Å²) in [4.78, 5) is 18.0. The molecule has 0 spiro atoms. The van der Waals surface area contributed by atoms with E-state index in [2.05, 4.69) is 27.7 Å². The molecule has 16 heavy (non-hydrogen) atoms. The Bertz CT molecular complexity index is 105. The van der Waals surface area contributed by atoms with E-state index in [0.29, 0.717) is 0 Å². The summed E-state index contributed by atoms with van der Waals surface area (Å²) in [7, 11) is 0. The Balaban J connectivity index is -0.0000000600. The Labute approximate surface area is 99.7 Å². The summed E-state index contributed by atoms with van der Waals surface area (Å²) in [5.74, 6) is -1.67. The van der Waals surface area contributed by atoms with Crippen LogP contribution in [-0.2, 0) is 9.59 Å². The number of hydrogen-bond acceptors (Lipinski definition) is 2. The summed E-state index contributed by atoms with van der Waals surface area (Å²) in [6, 6.07) is 0. The Hall–Kier alpha value is -1.06. The van der Waals surface area contributed by atoms with Crippen molar-refractivity contribution in [2.45, 2.75) is 67.2 Å². The maximum atomic E-state index is 9.00. The van der Waals surface area contributed by atoms with Gasteiger partial charge in [0.1, 0.15) is 0 Å². The van der Waals surface area contributed by atoms with Crippen molar-refractivity contribution < 1.29 is 19.8 Å². The van der Waals surface area contributed by atoms with Gasteiger partial charge in [-0.15, -0.1) is 0 Å². The van der Waals surface area contributed by atoms with Crippen molar-refractivity contribution in [3.8, 4) is 0 Å². The van der Waals surface area contributed by atoms with Gasteiger partial charge in [0.2, 0.25) is 0 Å². The van der Waals surface area contributed by atoms with Crippen molar-refractivity contribution >= 4 is 11.9 Å². The van der Waals surface area contributed by atoms with Crippen LogP contribution < -0.4 is 0 Å². The Morgan fingerprint density at radius 1 is 0.688 bits per heavy atom. The minimum absolute atomic E-state index is 0.833. The lowest BCUT2D eigenvalue weighted by atomic mass is 10.4. The highest BCUT2D eigenvalue weighted by molar-refractivity contribution is 5.63. The average Bonchev–Trinajstić information content (AvgIpc) is 2.16. The molecular formula is C12H28O4. The fourth-order valence-corrected chi connectivity index (χ4v) is 0. The van der Waals surface area contributed by atoms with Crippen molar-refractivity contribution in [3.63, 3.8) is 0 Å². The van der Waals surface area contributed by atoms with E-state index in [4.69, 9.17) is 19.8 Å². The molecule has 0 unspecified atom stereocenters. The van der Waals surface area contributed by atoms with E-state index in [1.807, 2.05) is 0 Å². The second kappa shape index (κ2) is 29.2. The van der Waals surface area contributed by atoms with Gasteiger partial charge in [-0.3, -0.25) is 9.59 Å². The van der Waals surface area contributed by atoms with Crippen LogP contribution in [0.2, 0.25) is 0 Å². The summed E-state index contributed by atoms with van der Waals surface area (Å²) in [5, 5.41) is 14.8. The minimum atomic E-state index is -0.833. The van der Waals surface area contributed by atoms with Gasteiger partial charge in [-0.25, -0.2) is 0 Å². The lowest BCUT2D eigenvalue weighted by Crippen LogP contribution is -1.78. The van der Waals surface area contributed by atoms with Crippen LogP contribution in [0, 0.1) is 0 Å². The monoisotopic (exact) mass is 236 g/mol. The first-order chi connectivity index (χ1) is 7.29. The highest BCUT2D eigenvalue weighted by atomic mass is 16.4. The molecule has 0 amide bonds. The second-order valence-corrected chi connectivity index (χ2v) is 3.04. The molecule has 0 radical (unpaired) electrons. The molecule has 0 aromatic carbocycles. The summed E-state index contributed by atoms with van der Waals surface area (Å²) >= 11 is 0. The van der Waals surface area contributed by atoms with Crippen LogP contribution in [0.15, 0.2) is 0 Å². The van der Waals surface area contributed by atoms with Crippen LogP contribution in [-0.4, -0.2) is 22.2 Å². The topological polar surface area (TPSA) is 74.6 Å². The largest absolute Gasteiger partial charge is 0.481 e. The molecule has 0 heterocycles. The predicted molar refractivity (Wildman–Crippen MR) is 67.8 cm³/mol. The molecule has 0 aromatic heterocycles. The van der Waals surface area contributed by atoms with Crippen LogP contribution in [0.4, 0.5) is 0 Å². The molecule has 4 nitrogen and oxygen atoms in total. The molecular weight excluding hydrogens is 208 g/mol. The molecule has 0 atom stereocenters. The standard InChI is InChI=1S/2C4H10.2C2H4O2/c2*1-3-4-2;2*1-2(3)4/h2*3-4H2,1-2H3;2*1H3,(H,3,4). The molecule has 0 rings (SSSR count). The van der Waals surface area contributed by atoms with Crippen molar-refractivity contribution in [1.82, 2.24) is 0 Å². The lowest BCUT2D eigenvalue weighted by molar-refractivity contribution is -0.135. The third-order valence-corrected chi connectivity index (χ3v) is 1.000. The van der Waals surface area contributed by atoms with Crippen LogP contribution in [0.25, 0.3) is 0 Å². The first-order valence-corrected chi connectivity index (χ1v) is 5.68. The van der Waals surface area contributed by atoms with Crippen molar-refractivity contribution in [3.05, 3.63) is 0 Å². The van der Waals surface area contributed by atoms with Crippen LogP contribution in [0.3, 0.4) is 0 Å². The zero-order valence-electron chi connectivity index (χ0n) is 11.5. The molecule has 0 bridgehead atoms. The number of carboxylic acids is 2. The number of carboxylic acid groups (broad SMARTS) is 2.